The molecule has 0 spiro atoms. The molecule has 1 atom stereocenters. The van der Waals surface area contributed by atoms with E-state index >= 15 is 0 Å². The van der Waals surface area contributed by atoms with Crippen LogP contribution in [0.3, 0.4) is 0 Å². The highest BCUT2D eigenvalue weighted by molar-refractivity contribution is 5.97. The highest BCUT2D eigenvalue weighted by Gasteiger charge is 2.29. The molecule has 2 amide bonds. The van der Waals surface area contributed by atoms with Crippen LogP contribution in [-0.2, 0) is 4.79 Å². The van der Waals surface area contributed by atoms with Gasteiger partial charge >= 0.3 is 0 Å². The highest BCUT2D eigenvalue weighted by atomic mass is 16.3. The predicted molar refractivity (Wildman–Crippen MR) is 98.3 cm³/mol. The van der Waals surface area contributed by atoms with Crippen molar-refractivity contribution in [2.45, 2.75) is 46.1 Å². The SMILES string of the molecule is Cc1ccc(C(=O)NC(CC(C)C)C(=O)N2CCC(CO)CC2)cc1. The molecule has 0 saturated carbocycles. The zero-order chi connectivity index (χ0) is 18.4. The van der Waals surface area contributed by atoms with E-state index in [0.29, 0.717) is 31.0 Å². The van der Waals surface area contributed by atoms with Crippen molar-refractivity contribution in [2.24, 2.45) is 11.8 Å². The zero-order valence-electron chi connectivity index (χ0n) is 15.5. The van der Waals surface area contributed by atoms with Crippen LogP contribution < -0.4 is 5.32 Å². The molecule has 5 nitrogen and oxygen atoms in total. The third kappa shape index (κ3) is 5.56. The van der Waals surface area contributed by atoms with Gasteiger partial charge in [-0.15, -0.1) is 0 Å². The van der Waals surface area contributed by atoms with Gasteiger partial charge in [0.25, 0.3) is 5.91 Å². The summed E-state index contributed by atoms with van der Waals surface area (Å²) in [6.45, 7) is 7.56. The van der Waals surface area contributed by atoms with Gasteiger partial charge in [0.05, 0.1) is 0 Å². The Bertz CT molecular complexity index is 575. The van der Waals surface area contributed by atoms with E-state index in [1.165, 1.54) is 0 Å². The van der Waals surface area contributed by atoms with Crippen molar-refractivity contribution in [1.29, 1.82) is 0 Å². The summed E-state index contributed by atoms with van der Waals surface area (Å²) < 4.78 is 0. The zero-order valence-corrected chi connectivity index (χ0v) is 15.5. The lowest BCUT2D eigenvalue weighted by atomic mass is 9.96. The Hall–Kier alpha value is -1.88. The lowest BCUT2D eigenvalue weighted by Gasteiger charge is -2.34. The summed E-state index contributed by atoms with van der Waals surface area (Å²) in [5.41, 5.74) is 1.67. The minimum absolute atomic E-state index is 0.00875. The van der Waals surface area contributed by atoms with Crippen molar-refractivity contribution in [1.82, 2.24) is 10.2 Å². The maximum absolute atomic E-state index is 12.9. The molecule has 0 bridgehead atoms. The second-order valence-corrected chi connectivity index (χ2v) is 7.47. The van der Waals surface area contributed by atoms with Crippen LogP contribution in [0.4, 0.5) is 0 Å². The number of carbonyl (C=O) groups is 2. The number of aliphatic hydroxyl groups excluding tert-OH is 1. The number of nitrogens with one attached hydrogen (secondary N) is 1. The van der Waals surface area contributed by atoms with E-state index in [0.717, 1.165) is 18.4 Å². The Labute approximate surface area is 150 Å². The van der Waals surface area contributed by atoms with E-state index < -0.39 is 6.04 Å². The van der Waals surface area contributed by atoms with E-state index in [-0.39, 0.29) is 24.3 Å². The first-order chi connectivity index (χ1) is 11.9. The summed E-state index contributed by atoms with van der Waals surface area (Å²) in [6, 6.07) is 6.86. The number of hydrogen-bond donors (Lipinski definition) is 2. The van der Waals surface area contributed by atoms with Crippen molar-refractivity contribution in [3.8, 4) is 0 Å². The van der Waals surface area contributed by atoms with Crippen LogP contribution in [0.5, 0.6) is 0 Å². The summed E-state index contributed by atoms with van der Waals surface area (Å²) in [4.78, 5) is 27.2. The van der Waals surface area contributed by atoms with Gasteiger partial charge in [-0.25, -0.2) is 0 Å². The van der Waals surface area contributed by atoms with Gasteiger partial charge in [0.1, 0.15) is 6.04 Å². The molecule has 1 saturated heterocycles. The third-order valence-electron chi connectivity index (χ3n) is 4.81. The molecule has 1 aromatic carbocycles. The molecule has 0 aromatic heterocycles. The fourth-order valence-corrected chi connectivity index (χ4v) is 3.20. The van der Waals surface area contributed by atoms with E-state index in [9.17, 15) is 14.7 Å². The van der Waals surface area contributed by atoms with Gasteiger partial charge in [0.2, 0.25) is 5.91 Å². The quantitative estimate of drug-likeness (QED) is 0.831. The number of benzene rings is 1. The van der Waals surface area contributed by atoms with Crippen molar-refractivity contribution in [3.63, 3.8) is 0 Å². The molecular formula is C20H30N2O3. The summed E-state index contributed by atoms with van der Waals surface area (Å²) >= 11 is 0. The maximum Gasteiger partial charge on any atom is 0.251 e. The monoisotopic (exact) mass is 346 g/mol. The minimum atomic E-state index is -0.500. The predicted octanol–water partition coefficient (Wildman–Crippen LogP) is 2.37. The molecule has 1 heterocycles. The van der Waals surface area contributed by atoms with Gasteiger partial charge in [-0.1, -0.05) is 31.5 Å². The third-order valence-corrected chi connectivity index (χ3v) is 4.81. The summed E-state index contributed by atoms with van der Waals surface area (Å²) in [5, 5.41) is 12.2. The van der Waals surface area contributed by atoms with Gasteiger partial charge in [0, 0.05) is 25.3 Å². The van der Waals surface area contributed by atoms with Crippen molar-refractivity contribution in [2.75, 3.05) is 19.7 Å². The number of aryl methyl sites for hydroxylation is 1. The highest BCUT2D eigenvalue weighted by Crippen LogP contribution is 2.19. The second kappa shape index (κ2) is 8.99. The summed E-state index contributed by atoms with van der Waals surface area (Å²) in [7, 11) is 0. The van der Waals surface area contributed by atoms with Gasteiger partial charge in [0.15, 0.2) is 0 Å². The average molecular weight is 346 g/mol. The van der Waals surface area contributed by atoms with E-state index in [1.807, 2.05) is 24.0 Å². The molecule has 5 heteroatoms. The van der Waals surface area contributed by atoms with Crippen molar-refractivity contribution in [3.05, 3.63) is 35.4 Å². The van der Waals surface area contributed by atoms with Crippen LogP contribution in [0.2, 0.25) is 0 Å². The van der Waals surface area contributed by atoms with Crippen molar-refractivity contribution < 1.29 is 14.7 Å². The molecule has 138 valence electrons. The molecule has 1 unspecified atom stereocenters. The van der Waals surface area contributed by atoms with Crippen LogP contribution in [0.25, 0.3) is 0 Å². The van der Waals surface area contributed by atoms with E-state index in [2.05, 4.69) is 19.2 Å². The molecule has 0 aliphatic carbocycles. The molecule has 1 aliphatic heterocycles. The number of carbonyl (C=O) groups excluding carboxylic acids is 2. The van der Waals surface area contributed by atoms with Crippen LogP contribution in [0.15, 0.2) is 24.3 Å². The van der Waals surface area contributed by atoms with Gasteiger partial charge < -0.3 is 15.3 Å². The summed E-state index contributed by atoms with van der Waals surface area (Å²) in [5.74, 6) is 0.381. The van der Waals surface area contributed by atoms with Gasteiger partial charge in [-0.3, -0.25) is 9.59 Å². The van der Waals surface area contributed by atoms with E-state index in [4.69, 9.17) is 0 Å². The number of aliphatic hydroxyl groups is 1. The Kier molecular flexibility index (Phi) is 7.00. The fraction of sp³-hybridized carbons (Fsp3) is 0.600. The van der Waals surface area contributed by atoms with Crippen LogP contribution in [0, 0.1) is 18.8 Å². The van der Waals surface area contributed by atoms with Crippen molar-refractivity contribution >= 4 is 11.8 Å². The maximum atomic E-state index is 12.9. The largest absolute Gasteiger partial charge is 0.396 e. The van der Waals surface area contributed by atoms with E-state index in [1.54, 1.807) is 12.1 Å². The Morgan fingerprint density at radius 2 is 1.80 bits per heavy atom. The Morgan fingerprint density at radius 1 is 1.20 bits per heavy atom. The average Bonchev–Trinajstić information content (AvgIpc) is 2.60. The Balaban J connectivity index is 2.03. The lowest BCUT2D eigenvalue weighted by molar-refractivity contribution is -0.135. The van der Waals surface area contributed by atoms with Gasteiger partial charge in [-0.2, -0.15) is 0 Å². The Morgan fingerprint density at radius 3 is 2.32 bits per heavy atom. The second-order valence-electron chi connectivity index (χ2n) is 7.47. The first kappa shape index (κ1) is 19.4. The molecular weight excluding hydrogens is 316 g/mol. The number of amides is 2. The van der Waals surface area contributed by atoms with Gasteiger partial charge in [-0.05, 0) is 50.2 Å². The number of nitrogens with zero attached hydrogens (tertiary/aromatic N) is 1. The normalized spacial score (nSPS) is 16.8. The molecule has 1 aromatic rings. The first-order valence-corrected chi connectivity index (χ1v) is 9.18. The number of likely N-dealkylation sites (tertiary alicyclic amines) is 1. The summed E-state index contributed by atoms with van der Waals surface area (Å²) in [6.07, 6.45) is 2.27. The molecule has 1 fully saturated rings. The van der Waals surface area contributed by atoms with Crippen LogP contribution >= 0.6 is 0 Å². The number of hydrogen-bond acceptors (Lipinski definition) is 3. The number of piperidine rings is 1. The van der Waals surface area contributed by atoms with Crippen LogP contribution in [-0.4, -0.2) is 47.6 Å². The lowest BCUT2D eigenvalue weighted by Crippen LogP contribution is -2.51. The molecule has 25 heavy (non-hydrogen) atoms. The fourth-order valence-electron chi connectivity index (χ4n) is 3.20. The smallest absolute Gasteiger partial charge is 0.251 e. The molecule has 1 aliphatic rings. The minimum Gasteiger partial charge on any atom is -0.396 e. The topological polar surface area (TPSA) is 69.6 Å². The molecule has 0 radical (unpaired) electrons. The number of rotatable bonds is 6. The molecule has 2 rings (SSSR count). The first-order valence-electron chi connectivity index (χ1n) is 9.18. The van der Waals surface area contributed by atoms with Crippen LogP contribution in [0.1, 0.15) is 49.0 Å². The standard InChI is InChI=1S/C20H30N2O3/c1-14(2)12-18(20(25)22-10-8-16(13-23)9-11-22)21-19(24)17-6-4-15(3)5-7-17/h4-7,14,16,18,23H,8-13H2,1-3H3,(H,21,24). The molecule has 2 N–H and O–H groups in total.